The summed E-state index contributed by atoms with van der Waals surface area (Å²) >= 11 is 5.00. The molecule has 0 aliphatic heterocycles. The molecule has 0 aliphatic carbocycles. The van der Waals surface area contributed by atoms with Gasteiger partial charge in [-0.15, -0.1) is 0 Å². The third-order valence-electron chi connectivity index (χ3n) is 2.26. The number of aliphatic hydroxyl groups excluding tert-OH is 1. The lowest BCUT2D eigenvalue weighted by Gasteiger charge is -2.10. The Balaban J connectivity index is 2.30. The van der Waals surface area contributed by atoms with Crippen molar-refractivity contribution in [1.82, 2.24) is 4.98 Å². The average Bonchev–Trinajstić information content (AvgIpc) is 2.29. The Morgan fingerprint density at radius 3 is 2.82 bits per heavy atom. The summed E-state index contributed by atoms with van der Waals surface area (Å²) in [5.41, 5.74) is 0.859. The zero-order valence-corrected chi connectivity index (χ0v) is 11.7. The topological polar surface area (TPSA) is 33.1 Å². The summed E-state index contributed by atoms with van der Waals surface area (Å²) in [7, 11) is 0. The summed E-state index contributed by atoms with van der Waals surface area (Å²) in [5.74, 6) is 0. The molecule has 0 fully saturated rings. The minimum Gasteiger partial charge on any atom is -0.389 e. The molecule has 0 bridgehead atoms. The summed E-state index contributed by atoms with van der Waals surface area (Å²) in [5, 5.41) is 10.5. The number of aromatic nitrogens is 1. The molecule has 88 valence electrons. The Bertz CT molecular complexity index is 516. The summed E-state index contributed by atoms with van der Waals surface area (Å²) in [4.78, 5) is 5.41. The van der Waals surface area contributed by atoms with Crippen LogP contribution < -0.4 is 0 Å². The molecule has 0 saturated carbocycles. The molecule has 1 atom stereocenters. The fraction of sp³-hybridized carbons (Fsp3) is 0.154. The molecule has 2 nitrogen and oxygen atoms in total. The first-order valence-electron chi connectivity index (χ1n) is 5.23. The van der Waals surface area contributed by atoms with E-state index in [0.717, 1.165) is 20.0 Å². The summed E-state index contributed by atoms with van der Waals surface area (Å²) in [6, 6.07) is 11.8. The molecule has 17 heavy (non-hydrogen) atoms. The third-order valence-corrected chi connectivity index (χ3v) is 3.78. The van der Waals surface area contributed by atoms with Gasteiger partial charge in [-0.1, -0.05) is 39.8 Å². The number of pyridine rings is 1. The SMILES string of the molecule is C[C@H](O)c1cccnc1Sc1cccc(Br)c1. The van der Waals surface area contributed by atoms with Crippen LogP contribution in [0.3, 0.4) is 0 Å². The molecular formula is C13H12BrNOS. The smallest absolute Gasteiger partial charge is 0.106 e. The minimum atomic E-state index is -0.502. The molecule has 1 aromatic heterocycles. The number of aliphatic hydroxyl groups is 1. The summed E-state index contributed by atoms with van der Waals surface area (Å²) in [6.07, 6.45) is 1.24. The number of halogens is 1. The lowest BCUT2D eigenvalue weighted by molar-refractivity contribution is 0.195. The van der Waals surface area contributed by atoms with E-state index in [1.165, 1.54) is 0 Å². The molecule has 2 aromatic rings. The first-order chi connectivity index (χ1) is 8.16. The van der Waals surface area contributed by atoms with Gasteiger partial charge in [-0.2, -0.15) is 0 Å². The van der Waals surface area contributed by atoms with E-state index in [2.05, 4.69) is 20.9 Å². The van der Waals surface area contributed by atoms with Crippen LogP contribution in [0.25, 0.3) is 0 Å². The maximum atomic E-state index is 9.67. The molecule has 0 unspecified atom stereocenters. The maximum Gasteiger partial charge on any atom is 0.106 e. The van der Waals surface area contributed by atoms with Crippen molar-refractivity contribution < 1.29 is 5.11 Å². The molecule has 1 heterocycles. The molecule has 0 aliphatic rings. The van der Waals surface area contributed by atoms with Crippen molar-refractivity contribution in [3.8, 4) is 0 Å². The van der Waals surface area contributed by atoms with Gasteiger partial charge < -0.3 is 5.11 Å². The van der Waals surface area contributed by atoms with Crippen LogP contribution in [0.15, 0.2) is 57.0 Å². The van der Waals surface area contributed by atoms with Crippen LogP contribution in [0.1, 0.15) is 18.6 Å². The molecule has 1 aromatic carbocycles. The van der Waals surface area contributed by atoms with Crippen LogP contribution in [-0.2, 0) is 0 Å². The van der Waals surface area contributed by atoms with E-state index in [1.54, 1.807) is 24.9 Å². The minimum absolute atomic E-state index is 0.502. The molecule has 2 rings (SSSR count). The normalized spacial score (nSPS) is 12.4. The van der Waals surface area contributed by atoms with Gasteiger partial charge in [0.1, 0.15) is 5.03 Å². The monoisotopic (exact) mass is 309 g/mol. The van der Waals surface area contributed by atoms with E-state index >= 15 is 0 Å². The zero-order valence-electron chi connectivity index (χ0n) is 9.30. The highest BCUT2D eigenvalue weighted by Crippen LogP contribution is 2.32. The molecular weight excluding hydrogens is 298 g/mol. The van der Waals surface area contributed by atoms with Gasteiger partial charge in [0, 0.05) is 21.1 Å². The second-order valence-electron chi connectivity index (χ2n) is 3.63. The van der Waals surface area contributed by atoms with Crippen molar-refractivity contribution >= 4 is 27.7 Å². The highest BCUT2D eigenvalue weighted by molar-refractivity contribution is 9.10. The Hall–Kier alpha value is -0.840. The van der Waals surface area contributed by atoms with E-state index in [1.807, 2.05) is 36.4 Å². The van der Waals surface area contributed by atoms with E-state index in [0.29, 0.717) is 0 Å². The van der Waals surface area contributed by atoms with Crippen LogP contribution >= 0.6 is 27.7 Å². The Morgan fingerprint density at radius 1 is 1.29 bits per heavy atom. The van der Waals surface area contributed by atoms with Gasteiger partial charge in [0.15, 0.2) is 0 Å². The number of hydrogen-bond acceptors (Lipinski definition) is 3. The molecule has 0 spiro atoms. The van der Waals surface area contributed by atoms with E-state index in [9.17, 15) is 5.11 Å². The highest BCUT2D eigenvalue weighted by atomic mass is 79.9. The van der Waals surface area contributed by atoms with Gasteiger partial charge in [-0.3, -0.25) is 0 Å². The van der Waals surface area contributed by atoms with E-state index in [4.69, 9.17) is 0 Å². The molecule has 4 heteroatoms. The number of hydrogen-bond donors (Lipinski definition) is 1. The van der Waals surface area contributed by atoms with Gasteiger partial charge in [-0.25, -0.2) is 4.98 Å². The van der Waals surface area contributed by atoms with Gasteiger partial charge >= 0.3 is 0 Å². The first kappa shape index (κ1) is 12.6. The lowest BCUT2D eigenvalue weighted by atomic mass is 10.2. The van der Waals surface area contributed by atoms with Crippen LogP contribution in [-0.4, -0.2) is 10.1 Å². The fourth-order valence-corrected chi connectivity index (χ4v) is 3.03. The molecule has 0 radical (unpaired) electrons. The van der Waals surface area contributed by atoms with Crippen LogP contribution in [0, 0.1) is 0 Å². The van der Waals surface area contributed by atoms with Crippen LogP contribution in [0.5, 0.6) is 0 Å². The largest absolute Gasteiger partial charge is 0.389 e. The fourth-order valence-electron chi connectivity index (χ4n) is 1.45. The van der Waals surface area contributed by atoms with Crippen molar-refractivity contribution in [1.29, 1.82) is 0 Å². The van der Waals surface area contributed by atoms with Crippen molar-refractivity contribution in [2.24, 2.45) is 0 Å². The zero-order chi connectivity index (χ0) is 12.3. The second kappa shape index (κ2) is 5.67. The Kier molecular flexibility index (Phi) is 4.20. The first-order valence-corrected chi connectivity index (χ1v) is 6.84. The van der Waals surface area contributed by atoms with E-state index in [-0.39, 0.29) is 0 Å². The standard InChI is InChI=1S/C13H12BrNOS/c1-9(16)12-6-3-7-15-13(12)17-11-5-2-4-10(14)8-11/h2-9,16H,1H3/t9-/m0/s1. The number of nitrogens with zero attached hydrogens (tertiary/aromatic N) is 1. The third kappa shape index (κ3) is 3.31. The maximum absolute atomic E-state index is 9.67. The van der Waals surface area contributed by atoms with Gasteiger partial charge in [0.25, 0.3) is 0 Å². The molecule has 1 N–H and O–H groups in total. The van der Waals surface area contributed by atoms with Gasteiger partial charge in [0.05, 0.1) is 6.10 Å². The predicted octanol–water partition coefficient (Wildman–Crippen LogP) is 4.05. The van der Waals surface area contributed by atoms with Crippen LogP contribution in [0.2, 0.25) is 0 Å². The summed E-state index contributed by atoms with van der Waals surface area (Å²) < 4.78 is 1.04. The van der Waals surface area contributed by atoms with Crippen molar-refractivity contribution in [2.75, 3.05) is 0 Å². The lowest BCUT2D eigenvalue weighted by Crippen LogP contribution is -1.95. The van der Waals surface area contributed by atoms with Crippen LogP contribution in [0.4, 0.5) is 0 Å². The van der Waals surface area contributed by atoms with Crippen molar-refractivity contribution in [3.05, 3.63) is 52.6 Å². The predicted molar refractivity (Wildman–Crippen MR) is 73.1 cm³/mol. The van der Waals surface area contributed by atoms with Crippen molar-refractivity contribution in [2.45, 2.75) is 22.9 Å². The quantitative estimate of drug-likeness (QED) is 0.928. The Labute approximate surface area is 113 Å². The molecule has 0 amide bonds. The Morgan fingerprint density at radius 2 is 2.12 bits per heavy atom. The van der Waals surface area contributed by atoms with Gasteiger partial charge in [-0.05, 0) is 31.2 Å². The second-order valence-corrected chi connectivity index (χ2v) is 5.61. The van der Waals surface area contributed by atoms with E-state index < -0.39 is 6.10 Å². The number of benzene rings is 1. The number of rotatable bonds is 3. The van der Waals surface area contributed by atoms with Crippen molar-refractivity contribution in [3.63, 3.8) is 0 Å². The highest BCUT2D eigenvalue weighted by Gasteiger charge is 2.09. The molecule has 0 saturated heterocycles. The summed E-state index contributed by atoms with van der Waals surface area (Å²) in [6.45, 7) is 1.75. The van der Waals surface area contributed by atoms with Gasteiger partial charge in [0.2, 0.25) is 0 Å². The average molecular weight is 310 g/mol.